The summed E-state index contributed by atoms with van der Waals surface area (Å²) >= 11 is 1.72. The van der Waals surface area contributed by atoms with Crippen molar-refractivity contribution in [3.05, 3.63) is 46.5 Å². The number of nitrogens with two attached hydrogens (primary N) is 1. The Kier molecular flexibility index (Phi) is 4.16. The molecule has 4 heteroatoms. The normalized spacial score (nSPS) is 12.8. The van der Waals surface area contributed by atoms with Crippen molar-refractivity contribution in [3.63, 3.8) is 0 Å². The van der Waals surface area contributed by atoms with E-state index in [9.17, 15) is 0 Å². The van der Waals surface area contributed by atoms with Crippen molar-refractivity contribution in [2.45, 2.75) is 25.3 Å². The van der Waals surface area contributed by atoms with Crippen molar-refractivity contribution in [2.24, 2.45) is 5.84 Å². The van der Waals surface area contributed by atoms with Crippen molar-refractivity contribution in [1.82, 2.24) is 5.43 Å². The molecule has 3 nitrogen and oxygen atoms in total. The fraction of sp³-hybridized carbons (Fsp3) is 0.333. The molecule has 0 aromatic carbocycles. The molecule has 0 bridgehead atoms. The Morgan fingerprint density at radius 1 is 1.44 bits per heavy atom. The Bertz CT molecular complexity index is 383. The average Bonchev–Trinajstić information content (AvgIpc) is 2.97. The molecular formula is C12H16N2OS. The monoisotopic (exact) mass is 236 g/mol. The van der Waals surface area contributed by atoms with Gasteiger partial charge in [-0.2, -0.15) is 11.3 Å². The molecule has 0 radical (unpaired) electrons. The van der Waals surface area contributed by atoms with Gasteiger partial charge in [-0.3, -0.25) is 11.3 Å². The third kappa shape index (κ3) is 3.20. The fourth-order valence-electron chi connectivity index (χ4n) is 1.71. The lowest BCUT2D eigenvalue weighted by Crippen LogP contribution is -2.37. The summed E-state index contributed by atoms with van der Waals surface area (Å²) in [7, 11) is 0. The fourth-order valence-corrected chi connectivity index (χ4v) is 2.39. The number of furan rings is 1. The van der Waals surface area contributed by atoms with Gasteiger partial charge in [0.05, 0.1) is 6.26 Å². The summed E-state index contributed by atoms with van der Waals surface area (Å²) in [6, 6.07) is 6.36. The maximum atomic E-state index is 5.55. The van der Waals surface area contributed by atoms with Crippen molar-refractivity contribution in [3.8, 4) is 0 Å². The molecule has 0 aliphatic carbocycles. The molecule has 0 fully saturated rings. The molecule has 2 rings (SSSR count). The maximum absolute atomic E-state index is 5.55. The number of hydrogen-bond donors (Lipinski definition) is 2. The minimum absolute atomic E-state index is 0.305. The number of nitrogens with one attached hydrogen (secondary N) is 1. The predicted molar refractivity (Wildman–Crippen MR) is 66.2 cm³/mol. The number of hydrogen-bond acceptors (Lipinski definition) is 4. The zero-order chi connectivity index (χ0) is 11.2. The highest BCUT2D eigenvalue weighted by Crippen LogP contribution is 2.12. The van der Waals surface area contributed by atoms with Gasteiger partial charge in [-0.1, -0.05) is 0 Å². The van der Waals surface area contributed by atoms with Crippen LogP contribution in [0.5, 0.6) is 0 Å². The van der Waals surface area contributed by atoms with Crippen molar-refractivity contribution < 1.29 is 4.42 Å². The van der Waals surface area contributed by atoms with Crippen LogP contribution >= 0.6 is 11.3 Å². The molecule has 0 aliphatic rings. The third-order valence-electron chi connectivity index (χ3n) is 2.62. The Hall–Kier alpha value is -1.10. The second-order valence-electron chi connectivity index (χ2n) is 3.82. The van der Waals surface area contributed by atoms with Crippen LogP contribution in [-0.4, -0.2) is 6.04 Å². The molecule has 1 atom stereocenters. The Morgan fingerprint density at radius 3 is 3.00 bits per heavy atom. The minimum atomic E-state index is 0.305. The molecule has 1 unspecified atom stereocenters. The zero-order valence-electron chi connectivity index (χ0n) is 9.06. The van der Waals surface area contributed by atoms with E-state index in [1.54, 1.807) is 17.6 Å². The molecule has 0 saturated heterocycles. The molecule has 0 aliphatic heterocycles. The van der Waals surface area contributed by atoms with Crippen molar-refractivity contribution in [2.75, 3.05) is 0 Å². The summed E-state index contributed by atoms with van der Waals surface area (Å²) < 4.78 is 5.30. The highest BCUT2D eigenvalue weighted by Gasteiger charge is 2.09. The molecular weight excluding hydrogens is 220 g/mol. The largest absolute Gasteiger partial charge is 0.469 e. The molecule has 0 amide bonds. The van der Waals surface area contributed by atoms with Gasteiger partial charge in [-0.05, 0) is 47.4 Å². The SMILES string of the molecule is NNC(CCc1ccco1)Cc1ccsc1. The predicted octanol–water partition coefficient (Wildman–Crippen LogP) is 2.35. The Labute approximate surface area is 99.2 Å². The van der Waals surface area contributed by atoms with E-state index in [0.717, 1.165) is 25.0 Å². The van der Waals surface area contributed by atoms with Crippen LogP contribution in [0.15, 0.2) is 39.6 Å². The molecule has 0 spiro atoms. The molecule has 2 aromatic rings. The van der Waals surface area contributed by atoms with Crippen LogP contribution in [0.25, 0.3) is 0 Å². The van der Waals surface area contributed by atoms with Crippen LogP contribution in [0.1, 0.15) is 17.7 Å². The van der Waals surface area contributed by atoms with Crippen LogP contribution in [0.2, 0.25) is 0 Å². The summed E-state index contributed by atoms with van der Waals surface area (Å²) in [6.07, 6.45) is 4.59. The molecule has 0 saturated carbocycles. The summed E-state index contributed by atoms with van der Waals surface area (Å²) in [5.74, 6) is 6.57. The lowest BCUT2D eigenvalue weighted by atomic mass is 10.0. The van der Waals surface area contributed by atoms with E-state index in [1.165, 1.54) is 5.56 Å². The maximum Gasteiger partial charge on any atom is 0.103 e. The number of thiophene rings is 1. The quantitative estimate of drug-likeness (QED) is 0.598. The van der Waals surface area contributed by atoms with Crippen LogP contribution in [0.4, 0.5) is 0 Å². The standard InChI is InChI=1S/C12H16N2OS/c13-14-11(8-10-5-7-16-9-10)3-4-12-2-1-6-15-12/h1-2,5-7,9,11,14H,3-4,8,13H2. The van der Waals surface area contributed by atoms with E-state index in [1.807, 2.05) is 12.1 Å². The van der Waals surface area contributed by atoms with E-state index in [-0.39, 0.29) is 0 Å². The molecule has 2 heterocycles. The van der Waals surface area contributed by atoms with Gasteiger partial charge < -0.3 is 4.42 Å². The van der Waals surface area contributed by atoms with Gasteiger partial charge in [-0.15, -0.1) is 0 Å². The van der Waals surface area contributed by atoms with E-state index in [2.05, 4.69) is 22.3 Å². The van der Waals surface area contributed by atoms with E-state index >= 15 is 0 Å². The molecule has 86 valence electrons. The molecule has 16 heavy (non-hydrogen) atoms. The first-order chi connectivity index (χ1) is 7.88. The van der Waals surface area contributed by atoms with Gasteiger partial charge >= 0.3 is 0 Å². The molecule has 3 N–H and O–H groups in total. The smallest absolute Gasteiger partial charge is 0.103 e. The van der Waals surface area contributed by atoms with Gasteiger partial charge in [0.1, 0.15) is 5.76 Å². The van der Waals surface area contributed by atoms with Gasteiger partial charge in [-0.25, -0.2) is 0 Å². The van der Waals surface area contributed by atoms with Crippen molar-refractivity contribution in [1.29, 1.82) is 0 Å². The summed E-state index contributed by atoms with van der Waals surface area (Å²) in [6.45, 7) is 0. The first kappa shape index (κ1) is 11.4. The van der Waals surface area contributed by atoms with E-state index < -0.39 is 0 Å². The van der Waals surface area contributed by atoms with Crippen LogP contribution in [0.3, 0.4) is 0 Å². The van der Waals surface area contributed by atoms with Crippen LogP contribution in [-0.2, 0) is 12.8 Å². The average molecular weight is 236 g/mol. The minimum Gasteiger partial charge on any atom is -0.469 e. The van der Waals surface area contributed by atoms with Gasteiger partial charge in [0.15, 0.2) is 0 Å². The van der Waals surface area contributed by atoms with Crippen LogP contribution in [0, 0.1) is 0 Å². The third-order valence-corrected chi connectivity index (χ3v) is 3.35. The second kappa shape index (κ2) is 5.84. The summed E-state index contributed by atoms with van der Waals surface area (Å²) in [4.78, 5) is 0. The summed E-state index contributed by atoms with van der Waals surface area (Å²) in [5.41, 5.74) is 4.21. The zero-order valence-corrected chi connectivity index (χ0v) is 9.87. The highest BCUT2D eigenvalue weighted by atomic mass is 32.1. The van der Waals surface area contributed by atoms with Crippen molar-refractivity contribution >= 4 is 11.3 Å². The Morgan fingerprint density at radius 2 is 2.38 bits per heavy atom. The number of aryl methyl sites for hydroxylation is 1. The highest BCUT2D eigenvalue weighted by molar-refractivity contribution is 7.07. The van der Waals surface area contributed by atoms with E-state index in [0.29, 0.717) is 6.04 Å². The second-order valence-corrected chi connectivity index (χ2v) is 4.60. The lowest BCUT2D eigenvalue weighted by Gasteiger charge is -2.14. The first-order valence-corrected chi connectivity index (χ1v) is 6.32. The number of hydrazine groups is 1. The summed E-state index contributed by atoms with van der Waals surface area (Å²) in [5, 5.41) is 4.26. The van der Waals surface area contributed by atoms with E-state index in [4.69, 9.17) is 10.3 Å². The van der Waals surface area contributed by atoms with Gasteiger partial charge in [0, 0.05) is 12.5 Å². The van der Waals surface area contributed by atoms with Crippen LogP contribution < -0.4 is 11.3 Å². The molecule has 2 aromatic heterocycles. The number of rotatable bonds is 6. The Balaban J connectivity index is 1.81. The van der Waals surface area contributed by atoms with Gasteiger partial charge in [0.2, 0.25) is 0 Å². The lowest BCUT2D eigenvalue weighted by molar-refractivity contribution is 0.448. The van der Waals surface area contributed by atoms with Gasteiger partial charge in [0.25, 0.3) is 0 Å². The topological polar surface area (TPSA) is 51.2 Å². The first-order valence-electron chi connectivity index (χ1n) is 5.38.